The van der Waals surface area contributed by atoms with Crippen LogP contribution < -0.4 is 15.4 Å². The minimum Gasteiger partial charge on any atom is -0.479 e. The van der Waals surface area contributed by atoms with Gasteiger partial charge in [0.1, 0.15) is 11.2 Å². The highest BCUT2D eigenvalue weighted by Crippen LogP contribution is 2.36. The van der Waals surface area contributed by atoms with Gasteiger partial charge >= 0.3 is 0 Å². The molecule has 30 heavy (non-hydrogen) atoms. The zero-order valence-corrected chi connectivity index (χ0v) is 16.7. The molecule has 0 amide bonds. The number of nitrogens with one attached hydrogen (secondary N) is 3. The van der Waals surface area contributed by atoms with Gasteiger partial charge in [-0.3, -0.25) is 0 Å². The average molecular weight is 415 g/mol. The predicted molar refractivity (Wildman–Crippen MR) is 110 cm³/mol. The molecule has 158 valence electrons. The van der Waals surface area contributed by atoms with Crippen molar-refractivity contribution < 1.29 is 13.5 Å². The van der Waals surface area contributed by atoms with Crippen molar-refractivity contribution in [2.75, 3.05) is 24.3 Å². The molecule has 2 aromatic heterocycles. The number of anilines is 2. The van der Waals surface area contributed by atoms with E-state index in [4.69, 9.17) is 10.3 Å². The number of methoxy groups -OCH3 is 1. The summed E-state index contributed by atoms with van der Waals surface area (Å²) in [7, 11) is 1.55. The van der Waals surface area contributed by atoms with E-state index >= 15 is 0 Å². The molecule has 1 fully saturated rings. The second-order valence-electron chi connectivity index (χ2n) is 7.50. The first-order valence-corrected chi connectivity index (χ1v) is 9.72. The highest BCUT2D eigenvalue weighted by atomic mass is 19.3. The Morgan fingerprint density at radius 2 is 2.13 bits per heavy atom. The van der Waals surface area contributed by atoms with Crippen molar-refractivity contribution in [1.82, 2.24) is 14.6 Å². The molecular weight excluding hydrogens is 392 g/mol. The van der Waals surface area contributed by atoms with Crippen LogP contribution in [0.2, 0.25) is 0 Å². The third-order valence-electron chi connectivity index (χ3n) is 5.25. The Balaban J connectivity index is 1.70. The minimum absolute atomic E-state index is 0.285. The van der Waals surface area contributed by atoms with E-state index in [1.165, 1.54) is 0 Å². The third-order valence-corrected chi connectivity index (χ3v) is 5.25. The monoisotopic (exact) mass is 415 g/mol. The second kappa shape index (κ2) is 8.21. The molecule has 0 radical (unpaired) electrons. The smallest absolute Gasteiger partial charge is 0.255 e. The molecule has 3 aromatic rings. The van der Waals surface area contributed by atoms with Crippen LogP contribution in [0, 0.1) is 11.4 Å². The van der Waals surface area contributed by atoms with Crippen molar-refractivity contribution in [3.63, 3.8) is 0 Å². The van der Waals surface area contributed by atoms with Gasteiger partial charge in [-0.2, -0.15) is 10.1 Å². The Labute approximate surface area is 172 Å². The van der Waals surface area contributed by atoms with Gasteiger partial charge in [0, 0.05) is 17.8 Å². The van der Waals surface area contributed by atoms with Crippen molar-refractivity contribution in [2.45, 2.75) is 32.2 Å². The lowest BCUT2D eigenvalue weighted by atomic mass is 9.82. The van der Waals surface area contributed by atoms with Crippen LogP contribution in [0.15, 0.2) is 35.6 Å². The molecule has 0 unspecified atom stereocenters. The first kappa shape index (κ1) is 20.0. The average Bonchev–Trinajstić information content (AvgIpc) is 3.14. The number of fused-ring (bicyclic) bond motifs is 1. The van der Waals surface area contributed by atoms with Crippen LogP contribution in [0.3, 0.4) is 0 Å². The first-order valence-electron chi connectivity index (χ1n) is 9.72. The SMILES string of the molecule is COc1nc(NC2CC(C)C2)nn2ccc(-c3ccc(N=N)c(NCC(F)F)c3)c12. The highest BCUT2D eigenvalue weighted by Gasteiger charge is 2.26. The number of halogens is 2. The van der Waals surface area contributed by atoms with Gasteiger partial charge in [-0.1, -0.05) is 13.0 Å². The third kappa shape index (κ3) is 3.89. The van der Waals surface area contributed by atoms with Crippen LogP contribution in [0.1, 0.15) is 19.8 Å². The van der Waals surface area contributed by atoms with Gasteiger partial charge in [-0.25, -0.2) is 18.8 Å². The normalized spacial score (nSPS) is 18.3. The van der Waals surface area contributed by atoms with Gasteiger partial charge in [-0.15, -0.1) is 5.10 Å². The van der Waals surface area contributed by atoms with Gasteiger partial charge in [0.05, 0.1) is 19.3 Å². The predicted octanol–water partition coefficient (Wildman–Crippen LogP) is 4.95. The summed E-state index contributed by atoms with van der Waals surface area (Å²) in [5.74, 6) is 1.62. The first-order chi connectivity index (χ1) is 14.5. The lowest BCUT2D eigenvalue weighted by molar-refractivity contribution is 0.163. The van der Waals surface area contributed by atoms with Crippen LogP contribution in [-0.2, 0) is 0 Å². The lowest BCUT2D eigenvalue weighted by Gasteiger charge is -2.33. The van der Waals surface area contributed by atoms with Crippen LogP contribution in [0.5, 0.6) is 5.88 Å². The van der Waals surface area contributed by atoms with Crippen LogP contribution in [-0.4, -0.2) is 40.7 Å². The molecule has 10 heteroatoms. The van der Waals surface area contributed by atoms with Gasteiger partial charge < -0.3 is 15.4 Å². The van der Waals surface area contributed by atoms with Crippen molar-refractivity contribution in [3.8, 4) is 17.0 Å². The van der Waals surface area contributed by atoms with E-state index in [9.17, 15) is 8.78 Å². The summed E-state index contributed by atoms with van der Waals surface area (Å²) in [6.45, 7) is 1.69. The number of rotatable bonds is 8. The quantitative estimate of drug-likeness (QED) is 0.452. The van der Waals surface area contributed by atoms with Gasteiger partial charge in [0.2, 0.25) is 11.8 Å². The molecule has 2 heterocycles. The summed E-state index contributed by atoms with van der Waals surface area (Å²) in [5, 5.41) is 13.9. The molecule has 0 atom stereocenters. The Morgan fingerprint density at radius 1 is 1.33 bits per heavy atom. The van der Waals surface area contributed by atoms with Gasteiger partial charge in [0.15, 0.2) is 0 Å². The fourth-order valence-electron chi connectivity index (χ4n) is 3.76. The number of hydrogen-bond donors (Lipinski definition) is 3. The number of alkyl halides is 2. The Kier molecular flexibility index (Phi) is 5.47. The van der Waals surface area contributed by atoms with E-state index in [0.717, 1.165) is 24.0 Å². The van der Waals surface area contributed by atoms with Crippen molar-refractivity contribution in [2.24, 2.45) is 11.0 Å². The van der Waals surface area contributed by atoms with Crippen molar-refractivity contribution >= 4 is 22.8 Å². The Hall–Kier alpha value is -3.30. The van der Waals surface area contributed by atoms with E-state index in [1.807, 2.05) is 6.07 Å². The van der Waals surface area contributed by atoms with E-state index in [0.29, 0.717) is 35.0 Å². The van der Waals surface area contributed by atoms with Crippen LogP contribution >= 0.6 is 0 Å². The second-order valence-corrected chi connectivity index (χ2v) is 7.50. The molecule has 1 aromatic carbocycles. The standard InChI is InChI=1S/C20H23F2N7O/c1-11-7-13(8-11)25-20-26-19(30-2)18-14(5-6-29(18)28-20)12-3-4-15(27-23)16(9-12)24-10-17(21)22/h3-6,9,11,13,17,23-24H,7-8,10H2,1-2H3,(H,25,28). The molecule has 1 aliphatic rings. The Morgan fingerprint density at radius 3 is 2.80 bits per heavy atom. The largest absolute Gasteiger partial charge is 0.479 e. The molecule has 0 spiro atoms. The minimum atomic E-state index is -2.51. The summed E-state index contributed by atoms with van der Waals surface area (Å²) >= 11 is 0. The highest BCUT2D eigenvalue weighted by molar-refractivity contribution is 5.87. The number of nitrogens with zero attached hydrogens (tertiary/aromatic N) is 4. The molecule has 3 N–H and O–H groups in total. The van der Waals surface area contributed by atoms with Crippen LogP contribution in [0.25, 0.3) is 16.6 Å². The lowest BCUT2D eigenvalue weighted by Crippen LogP contribution is -2.34. The van der Waals surface area contributed by atoms with Gasteiger partial charge in [0.25, 0.3) is 6.43 Å². The van der Waals surface area contributed by atoms with E-state index < -0.39 is 13.0 Å². The van der Waals surface area contributed by atoms with Gasteiger partial charge in [-0.05, 0) is 42.5 Å². The molecule has 8 nitrogen and oxygen atoms in total. The zero-order valence-electron chi connectivity index (χ0n) is 16.7. The fraction of sp³-hybridized carbons (Fsp3) is 0.400. The number of benzene rings is 1. The Bertz CT molecular complexity index is 1060. The van der Waals surface area contributed by atoms with E-state index in [2.05, 4.69) is 32.8 Å². The van der Waals surface area contributed by atoms with E-state index in [-0.39, 0.29) is 5.69 Å². The summed E-state index contributed by atoms with van der Waals surface area (Å²) in [4.78, 5) is 4.51. The van der Waals surface area contributed by atoms with Crippen LogP contribution in [0.4, 0.5) is 26.1 Å². The van der Waals surface area contributed by atoms with Crippen molar-refractivity contribution in [1.29, 1.82) is 5.53 Å². The molecule has 0 saturated heterocycles. The number of ether oxygens (including phenoxy) is 1. The topological polar surface area (TPSA) is 99.7 Å². The number of hydrogen-bond acceptors (Lipinski definition) is 7. The maximum Gasteiger partial charge on any atom is 0.255 e. The molecule has 0 aliphatic heterocycles. The fourth-order valence-corrected chi connectivity index (χ4v) is 3.76. The summed E-state index contributed by atoms with van der Waals surface area (Å²) in [6.07, 6.45) is 1.46. The van der Waals surface area contributed by atoms with E-state index in [1.54, 1.807) is 36.0 Å². The summed E-state index contributed by atoms with van der Waals surface area (Å²) in [6, 6.07) is 7.30. The molecular formula is C20H23F2N7O. The summed E-state index contributed by atoms with van der Waals surface area (Å²) < 4.78 is 32.5. The molecule has 0 bridgehead atoms. The summed E-state index contributed by atoms with van der Waals surface area (Å²) in [5.41, 5.74) is 10.1. The molecule has 4 rings (SSSR count). The zero-order chi connectivity index (χ0) is 21.3. The molecule has 1 saturated carbocycles. The van der Waals surface area contributed by atoms with Crippen molar-refractivity contribution in [3.05, 3.63) is 30.5 Å². The maximum absolute atomic E-state index is 12.6. The number of aromatic nitrogens is 3. The molecule has 1 aliphatic carbocycles. The maximum atomic E-state index is 12.6.